The van der Waals surface area contributed by atoms with Gasteiger partial charge < -0.3 is 10.5 Å². The Morgan fingerprint density at radius 3 is 2.62 bits per heavy atom. The molecule has 6 rings (SSSR count). The number of hydrogen-bond acceptors (Lipinski definition) is 8. The van der Waals surface area contributed by atoms with Gasteiger partial charge in [-0.1, -0.05) is 0 Å². The fourth-order valence-electron chi connectivity index (χ4n) is 5.43. The Kier molecular flexibility index (Phi) is 6.01. The Hall–Kier alpha value is -4.65. The number of hydrogen-bond donors (Lipinski definition) is 2. The number of nitrogens with two attached hydrogens (primary N) is 1. The number of pyridine rings is 1. The number of fused-ring (bicyclic) bond motifs is 2. The van der Waals surface area contributed by atoms with E-state index in [1.54, 1.807) is 6.07 Å². The van der Waals surface area contributed by atoms with Crippen LogP contribution < -0.4 is 20.9 Å². The van der Waals surface area contributed by atoms with Crippen LogP contribution in [0.5, 0.6) is 5.75 Å². The molecule has 3 N–H and O–H groups in total. The van der Waals surface area contributed by atoms with Crippen LogP contribution in [-0.2, 0) is 13.6 Å². The highest BCUT2D eigenvalue weighted by Gasteiger charge is 2.57. The number of rotatable bonds is 4. The third-order valence-corrected chi connectivity index (χ3v) is 7.59. The van der Waals surface area contributed by atoms with Crippen molar-refractivity contribution < 1.29 is 31.1 Å². The number of alkyl halides is 5. The maximum Gasteiger partial charge on any atom is 0.485 e. The van der Waals surface area contributed by atoms with Gasteiger partial charge in [0.2, 0.25) is 0 Å². The number of nitriles is 1. The first-order valence-electron chi connectivity index (χ1n) is 12.5. The molecule has 0 radical (unpaired) electrons. The van der Waals surface area contributed by atoms with Crippen LogP contribution in [-0.4, -0.2) is 43.4 Å². The summed E-state index contributed by atoms with van der Waals surface area (Å²) in [6.45, 7) is 0.348. The predicted molar refractivity (Wildman–Crippen MR) is 136 cm³/mol. The van der Waals surface area contributed by atoms with Crippen molar-refractivity contribution in [3.63, 3.8) is 0 Å². The van der Waals surface area contributed by atoms with Gasteiger partial charge in [-0.15, -0.1) is 0 Å². The molecule has 4 heterocycles. The predicted octanol–water partition coefficient (Wildman–Crippen LogP) is 4.35. The fourth-order valence-corrected chi connectivity index (χ4v) is 5.43. The second-order valence-electron chi connectivity index (χ2n) is 10.2. The molecule has 10 nitrogen and oxygen atoms in total. The van der Waals surface area contributed by atoms with E-state index in [4.69, 9.17) is 10.5 Å². The maximum atomic E-state index is 16.2. The molecular weight excluding hydrogens is 570 g/mol. The average Bonchev–Trinajstić information content (AvgIpc) is 3.58. The minimum Gasteiger partial charge on any atom is -0.482 e. The number of ether oxygens (including phenoxy) is 1. The molecule has 218 valence electrons. The molecule has 4 aromatic rings. The van der Waals surface area contributed by atoms with Crippen molar-refractivity contribution in [2.45, 2.75) is 44.6 Å². The smallest absolute Gasteiger partial charge is 0.482 e. The van der Waals surface area contributed by atoms with Gasteiger partial charge >= 0.3 is 6.30 Å². The number of aromatic amines is 1. The van der Waals surface area contributed by atoms with Gasteiger partial charge in [0.25, 0.3) is 12.0 Å². The number of nitrogens with one attached hydrogen (secondary N) is 1. The number of aryl methyl sites for hydroxylation is 1. The lowest BCUT2D eigenvalue weighted by Gasteiger charge is -2.39. The largest absolute Gasteiger partial charge is 0.485 e. The molecule has 1 fully saturated rings. The number of halogens is 6. The van der Waals surface area contributed by atoms with E-state index in [1.807, 2.05) is 0 Å². The van der Waals surface area contributed by atoms with E-state index in [2.05, 4.69) is 20.3 Å². The van der Waals surface area contributed by atoms with Crippen LogP contribution >= 0.6 is 0 Å². The van der Waals surface area contributed by atoms with Crippen molar-refractivity contribution in [3.05, 3.63) is 50.9 Å². The summed E-state index contributed by atoms with van der Waals surface area (Å²) in [6, 6.07) is 3.06. The lowest BCUT2D eigenvalue weighted by atomic mass is 9.93. The number of nitrogens with zero attached hydrogens (tertiary/aromatic N) is 6. The van der Waals surface area contributed by atoms with Crippen molar-refractivity contribution in [1.82, 2.24) is 25.0 Å². The molecule has 0 amide bonds. The standard InChI is InChI=1S/C26H20F6N8O2/c1-10-18(27)16(12(6-33)22-20(10)40(26(30,31)32)9-25(42-22)3-4-25)21-13(8-35-39(21)2)14-5-11-15(7-34)37-38-24(41)17(11)19(36-14)23(28)29/h5,8,23H,3-4,7,9,34H2,1-2H3,(H,38,41). The third kappa shape index (κ3) is 3.98. The molecule has 0 bridgehead atoms. The summed E-state index contributed by atoms with van der Waals surface area (Å²) >= 11 is 0. The Balaban J connectivity index is 1.66. The van der Waals surface area contributed by atoms with Crippen LogP contribution in [0.4, 0.5) is 32.0 Å². The lowest BCUT2D eigenvalue weighted by Crippen LogP contribution is -2.49. The van der Waals surface area contributed by atoms with Crippen LogP contribution in [0.2, 0.25) is 0 Å². The molecule has 0 saturated heterocycles. The number of benzene rings is 1. The van der Waals surface area contributed by atoms with Crippen molar-refractivity contribution in [3.8, 4) is 34.3 Å². The summed E-state index contributed by atoms with van der Waals surface area (Å²) in [5.41, 5.74) is 0.446. The van der Waals surface area contributed by atoms with Crippen LogP contribution in [0.15, 0.2) is 17.1 Å². The van der Waals surface area contributed by atoms with Gasteiger partial charge in [-0.05, 0) is 25.8 Å². The van der Waals surface area contributed by atoms with E-state index in [9.17, 15) is 32.0 Å². The molecule has 42 heavy (non-hydrogen) atoms. The molecule has 0 atom stereocenters. The average molecular weight is 590 g/mol. The fraction of sp³-hybridized carbons (Fsp3) is 0.346. The highest BCUT2D eigenvalue weighted by atomic mass is 19.4. The van der Waals surface area contributed by atoms with E-state index in [0.29, 0.717) is 12.8 Å². The molecular formula is C26H20F6N8O2. The van der Waals surface area contributed by atoms with Crippen LogP contribution in [0.1, 0.15) is 41.8 Å². The molecule has 1 aliphatic carbocycles. The summed E-state index contributed by atoms with van der Waals surface area (Å²) in [7, 11) is 1.38. The van der Waals surface area contributed by atoms with Crippen LogP contribution in [0.3, 0.4) is 0 Å². The molecule has 1 saturated carbocycles. The zero-order valence-corrected chi connectivity index (χ0v) is 21.9. The third-order valence-electron chi connectivity index (χ3n) is 7.59. The van der Waals surface area contributed by atoms with Gasteiger partial charge in [-0.2, -0.15) is 28.6 Å². The summed E-state index contributed by atoms with van der Waals surface area (Å²) in [5.74, 6) is -1.59. The second kappa shape index (κ2) is 9.18. The summed E-state index contributed by atoms with van der Waals surface area (Å²) < 4.78 is 94.0. The minimum atomic E-state index is -4.88. The summed E-state index contributed by atoms with van der Waals surface area (Å²) in [4.78, 5) is 16.5. The van der Waals surface area contributed by atoms with Crippen molar-refractivity contribution in [1.29, 1.82) is 5.26 Å². The van der Waals surface area contributed by atoms with E-state index >= 15 is 4.39 Å². The maximum absolute atomic E-state index is 16.2. The number of anilines is 1. The Morgan fingerprint density at radius 2 is 2.02 bits per heavy atom. The van der Waals surface area contributed by atoms with Crippen LogP contribution in [0, 0.1) is 24.1 Å². The molecule has 3 aromatic heterocycles. The van der Waals surface area contributed by atoms with Crippen molar-refractivity contribution in [2.24, 2.45) is 12.8 Å². The van der Waals surface area contributed by atoms with Gasteiger partial charge in [0, 0.05) is 30.1 Å². The Morgan fingerprint density at radius 1 is 1.31 bits per heavy atom. The highest BCUT2D eigenvalue weighted by molar-refractivity contribution is 5.93. The van der Waals surface area contributed by atoms with Gasteiger partial charge in [0.05, 0.1) is 46.5 Å². The van der Waals surface area contributed by atoms with Gasteiger partial charge in [0.15, 0.2) is 5.75 Å². The van der Waals surface area contributed by atoms with Crippen molar-refractivity contribution >= 4 is 16.5 Å². The summed E-state index contributed by atoms with van der Waals surface area (Å²) in [5, 5.41) is 19.8. The highest BCUT2D eigenvalue weighted by Crippen LogP contribution is 2.56. The number of H-pyrrole nitrogens is 1. The Labute approximate surface area is 232 Å². The zero-order chi connectivity index (χ0) is 30.3. The second-order valence-corrected chi connectivity index (χ2v) is 10.2. The van der Waals surface area contributed by atoms with Crippen LogP contribution in [0.25, 0.3) is 33.3 Å². The lowest BCUT2D eigenvalue weighted by molar-refractivity contribution is -0.135. The minimum absolute atomic E-state index is 0.0289. The first kappa shape index (κ1) is 27.5. The topological polar surface area (TPSA) is 139 Å². The van der Waals surface area contributed by atoms with Crippen molar-refractivity contribution in [2.75, 3.05) is 11.4 Å². The SMILES string of the molecule is Cc1c(F)c(-c2c(-c3cc4c(CN)n[nH]c(=O)c4c(C(F)F)n3)cnn2C)c(C#N)c2c1N(C(F)(F)F)CC1(CC1)O2. The van der Waals surface area contributed by atoms with E-state index in [0.717, 1.165) is 11.6 Å². The molecule has 1 aliphatic heterocycles. The zero-order valence-electron chi connectivity index (χ0n) is 21.9. The van der Waals surface area contributed by atoms with E-state index in [1.165, 1.54) is 19.3 Å². The Bertz CT molecular complexity index is 1890. The monoisotopic (exact) mass is 590 g/mol. The van der Waals surface area contributed by atoms with Gasteiger partial charge in [0.1, 0.15) is 28.7 Å². The van der Waals surface area contributed by atoms with E-state index in [-0.39, 0.29) is 39.5 Å². The first-order chi connectivity index (χ1) is 19.8. The normalized spacial score (nSPS) is 15.7. The molecule has 2 aliphatic rings. The van der Waals surface area contributed by atoms with E-state index < -0.39 is 75.5 Å². The number of aromatic nitrogens is 5. The van der Waals surface area contributed by atoms with Gasteiger partial charge in [-0.3, -0.25) is 14.4 Å². The first-order valence-corrected chi connectivity index (χ1v) is 12.5. The quantitative estimate of drug-likeness (QED) is 0.264. The summed E-state index contributed by atoms with van der Waals surface area (Å²) in [6.07, 6.45) is -6.30. The van der Waals surface area contributed by atoms with Gasteiger partial charge in [-0.25, -0.2) is 23.3 Å². The molecule has 1 spiro atoms. The molecule has 16 heteroatoms. The molecule has 1 aromatic carbocycles. The molecule has 0 unspecified atom stereocenters.